The first-order valence-electron chi connectivity index (χ1n) is 6.99. The molecule has 0 aliphatic heterocycles. The molecule has 1 aromatic heterocycles. The van der Waals surface area contributed by atoms with Crippen LogP contribution in [0.15, 0.2) is 78.0 Å². The van der Waals surface area contributed by atoms with Crippen molar-refractivity contribution in [1.29, 1.82) is 0 Å². The minimum absolute atomic E-state index is 0.332. The highest BCUT2D eigenvalue weighted by Crippen LogP contribution is 2.26. The lowest BCUT2D eigenvalue weighted by atomic mass is 10.2. The molecule has 0 radical (unpaired) electrons. The predicted octanol–water partition coefficient (Wildman–Crippen LogP) is 4.53. The number of nitrogens with zero attached hydrogens (tertiary/aromatic N) is 3. The van der Waals surface area contributed by atoms with Crippen LogP contribution in [0.3, 0.4) is 0 Å². The number of pyridine rings is 1. The maximum atomic E-state index is 13.1. The van der Waals surface area contributed by atoms with Gasteiger partial charge in [-0.1, -0.05) is 6.07 Å². The van der Waals surface area contributed by atoms with Gasteiger partial charge in [0.05, 0.1) is 23.3 Å². The number of hydrogen-bond donors (Lipinski definition) is 0. The lowest BCUT2D eigenvalue weighted by Gasteiger charge is -2.19. The van der Waals surface area contributed by atoms with Gasteiger partial charge in [0.15, 0.2) is 0 Å². The van der Waals surface area contributed by atoms with Crippen molar-refractivity contribution < 1.29 is 8.78 Å². The maximum absolute atomic E-state index is 13.1. The highest BCUT2D eigenvalue weighted by atomic mass is 19.1. The van der Waals surface area contributed by atoms with E-state index in [0.29, 0.717) is 17.1 Å². The van der Waals surface area contributed by atoms with Crippen molar-refractivity contribution in [3.8, 4) is 0 Å². The largest absolute Gasteiger partial charge is 0.255 e. The van der Waals surface area contributed by atoms with Crippen LogP contribution in [-0.4, -0.2) is 11.2 Å². The Labute approximate surface area is 132 Å². The van der Waals surface area contributed by atoms with Crippen LogP contribution < -0.4 is 5.01 Å². The summed E-state index contributed by atoms with van der Waals surface area (Å²) in [5.74, 6) is -0.664. The summed E-state index contributed by atoms with van der Waals surface area (Å²) in [7, 11) is 0. The van der Waals surface area contributed by atoms with Gasteiger partial charge in [0.25, 0.3) is 0 Å². The normalized spacial score (nSPS) is 10.9. The standard InChI is InChI=1S/C18H13F2N3/c19-14-4-8-17(9-5-14)23(18-10-6-15(20)7-11-18)22-13-16-3-1-2-12-21-16/h1-13H/b22-13+. The van der Waals surface area contributed by atoms with Gasteiger partial charge in [-0.05, 0) is 60.7 Å². The number of benzene rings is 2. The van der Waals surface area contributed by atoms with E-state index in [4.69, 9.17) is 0 Å². The predicted molar refractivity (Wildman–Crippen MR) is 86.8 cm³/mol. The van der Waals surface area contributed by atoms with Crippen LogP contribution in [0.1, 0.15) is 5.69 Å². The van der Waals surface area contributed by atoms with Gasteiger partial charge in [0, 0.05) is 6.20 Å². The minimum atomic E-state index is -0.332. The van der Waals surface area contributed by atoms with Crippen molar-refractivity contribution in [3.05, 3.63) is 90.3 Å². The molecule has 0 N–H and O–H groups in total. The van der Waals surface area contributed by atoms with Crippen molar-refractivity contribution >= 4 is 17.6 Å². The molecule has 0 unspecified atom stereocenters. The minimum Gasteiger partial charge on any atom is -0.255 e. The Hall–Kier alpha value is -3.08. The monoisotopic (exact) mass is 309 g/mol. The molecule has 3 rings (SSSR count). The highest BCUT2D eigenvalue weighted by Gasteiger charge is 2.08. The van der Waals surface area contributed by atoms with E-state index in [1.165, 1.54) is 24.3 Å². The molecule has 5 heteroatoms. The number of rotatable bonds is 4. The zero-order chi connectivity index (χ0) is 16.1. The summed E-state index contributed by atoms with van der Waals surface area (Å²) >= 11 is 0. The molecule has 0 aliphatic carbocycles. The summed E-state index contributed by atoms with van der Waals surface area (Å²) in [6, 6.07) is 17.3. The second-order valence-electron chi connectivity index (χ2n) is 4.76. The third kappa shape index (κ3) is 3.77. The van der Waals surface area contributed by atoms with E-state index in [-0.39, 0.29) is 11.6 Å². The third-order valence-electron chi connectivity index (χ3n) is 3.14. The first kappa shape index (κ1) is 14.8. The molecule has 0 atom stereocenters. The van der Waals surface area contributed by atoms with Gasteiger partial charge < -0.3 is 0 Å². The van der Waals surface area contributed by atoms with Gasteiger partial charge in [-0.2, -0.15) is 5.10 Å². The third-order valence-corrected chi connectivity index (χ3v) is 3.14. The molecule has 0 bridgehead atoms. The highest BCUT2D eigenvalue weighted by molar-refractivity contribution is 5.79. The first-order chi connectivity index (χ1) is 11.2. The quantitative estimate of drug-likeness (QED) is 0.523. The molecule has 3 nitrogen and oxygen atoms in total. The molecular weight excluding hydrogens is 296 g/mol. The Morgan fingerprint density at radius 3 is 1.83 bits per heavy atom. The summed E-state index contributed by atoms with van der Waals surface area (Å²) in [5, 5.41) is 5.99. The van der Waals surface area contributed by atoms with Crippen LogP contribution in [0.25, 0.3) is 0 Å². The summed E-state index contributed by atoms with van der Waals surface area (Å²) in [6.45, 7) is 0. The average molecular weight is 309 g/mol. The second kappa shape index (κ2) is 6.79. The maximum Gasteiger partial charge on any atom is 0.123 e. The lowest BCUT2D eigenvalue weighted by molar-refractivity contribution is 0.627. The molecule has 0 saturated heterocycles. The SMILES string of the molecule is Fc1ccc(N(/N=C/c2ccccn2)c2ccc(F)cc2)cc1. The van der Waals surface area contributed by atoms with E-state index < -0.39 is 0 Å². The first-order valence-corrected chi connectivity index (χ1v) is 6.99. The molecule has 0 saturated carbocycles. The van der Waals surface area contributed by atoms with Crippen molar-refractivity contribution in [2.75, 3.05) is 5.01 Å². The van der Waals surface area contributed by atoms with Crippen molar-refractivity contribution in [2.24, 2.45) is 5.10 Å². The van der Waals surface area contributed by atoms with Crippen molar-refractivity contribution in [2.45, 2.75) is 0 Å². The zero-order valence-corrected chi connectivity index (χ0v) is 12.1. The van der Waals surface area contributed by atoms with Gasteiger partial charge >= 0.3 is 0 Å². The van der Waals surface area contributed by atoms with E-state index in [1.54, 1.807) is 41.7 Å². The Balaban J connectivity index is 1.97. The molecule has 0 fully saturated rings. The summed E-state index contributed by atoms with van der Waals surface area (Å²) in [4.78, 5) is 4.17. The van der Waals surface area contributed by atoms with Crippen LogP contribution in [0, 0.1) is 11.6 Å². The van der Waals surface area contributed by atoms with Crippen LogP contribution in [-0.2, 0) is 0 Å². The fraction of sp³-hybridized carbons (Fsp3) is 0. The molecule has 3 aromatic rings. The van der Waals surface area contributed by atoms with Crippen LogP contribution in [0.5, 0.6) is 0 Å². The van der Waals surface area contributed by atoms with E-state index in [1.807, 2.05) is 18.2 Å². The molecule has 0 amide bonds. The van der Waals surface area contributed by atoms with E-state index in [2.05, 4.69) is 10.1 Å². The summed E-state index contributed by atoms with van der Waals surface area (Å²) in [6.07, 6.45) is 3.26. The van der Waals surface area contributed by atoms with Gasteiger partial charge in [-0.25, -0.2) is 13.8 Å². The number of halogens is 2. The van der Waals surface area contributed by atoms with Crippen molar-refractivity contribution in [3.63, 3.8) is 0 Å². The van der Waals surface area contributed by atoms with Gasteiger partial charge in [0.2, 0.25) is 0 Å². The number of anilines is 2. The molecule has 2 aromatic carbocycles. The van der Waals surface area contributed by atoms with E-state index >= 15 is 0 Å². The molecular formula is C18H13F2N3. The van der Waals surface area contributed by atoms with E-state index in [9.17, 15) is 8.78 Å². The summed E-state index contributed by atoms with van der Waals surface area (Å²) < 4.78 is 26.3. The Morgan fingerprint density at radius 2 is 1.35 bits per heavy atom. The Bertz CT molecular complexity index is 739. The Kier molecular flexibility index (Phi) is 4.38. The molecule has 1 heterocycles. The number of hydrogen-bond acceptors (Lipinski definition) is 3. The molecule has 0 aliphatic rings. The molecule has 0 spiro atoms. The average Bonchev–Trinajstić information content (AvgIpc) is 2.59. The number of aromatic nitrogens is 1. The van der Waals surface area contributed by atoms with E-state index in [0.717, 1.165) is 0 Å². The van der Waals surface area contributed by atoms with Gasteiger partial charge in [-0.3, -0.25) is 4.98 Å². The fourth-order valence-corrected chi connectivity index (χ4v) is 2.02. The smallest absolute Gasteiger partial charge is 0.123 e. The lowest BCUT2D eigenvalue weighted by Crippen LogP contribution is -2.09. The molecule has 114 valence electrons. The van der Waals surface area contributed by atoms with Crippen LogP contribution in [0.2, 0.25) is 0 Å². The Morgan fingerprint density at radius 1 is 0.783 bits per heavy atom. The van der Waals surface area contributed by atoms with Crippen LogP contribution >= 0.6 is 0 Å². The van der Waals surface area contributed by atoms with Gasteiger partial charge in [0.1, 0.15) is 11.6 Å². The topological polar surface area (TPSA) is 28.5 Å². The van der Waals surface area contributed by atoms with Crippen molar-refractivity contribution in [1.82, 2.24) is 4.98 Å². The van der Waals surface area contributed by atoms with Crippen LogP contribution in [0.4, 0.5) is 20.2 Å². The van der Waals surface area contributed by atoms with Gasteiger partial charge in [-0.15, -0.1) is 0 Å². The molecule has 23 heavy (non-hydrogen) atoms. The zero-order valence-electron chi connectivity index (χ0n) is 12.1. The summed E-state index contributed by atoms with van der Waals surface area (Å²) in [5.41, 5.74) is 2.00. The number of hydrazone groups is 1. The fourth-order valence-electron chi connectivity index (χ4n) is 2.02. The second-order valence-corrected chi connectivity index (χ2v) is 4.76.